The van der Waals surface area contributed by atoms with Crippen molar-refractivity contribution in [2.24, 2.45) is 4.99 Å². The smallest absolute Gasteiger partial charge is 0.417 e. The molecule has 4 rings (SSSR count). The fourth-order valence-electron chi connectivity index (χ4n) is 3.54. The van der Waals surface area contributed by atoms with E-state index in [4.69, 9.17) is 4.74 Å². The molecule has 0 amide bonds. The predicted octanol–water partition coefficient (Wildman–Crippen LogP) is 5.22. The van der Waals surface area contributed by atoms with Gasteiger partial charge in [0.05, 0.1) is 11.1 Å². The maximum absolute atomic E-state index is 13.4. The van der Waals surface area contributed by atoms with Gasteiger partial charge in [0.15, 0.2) is 0 Å². The molecule has 0 unspecified atom stereocenters. The van der Waals surface area contributed by atoms with Crippen LogP contribution in [0.25, 0.3) is 0 Å². The van der Waals surface area contributed by atoms with Gasteiger partial charge in [0.1, 0.15) is 30.6 Å². The minimum absolute atomic E-state index is 0.233. The first-order valence-electron chi connectivity index (χ1n) is 11.2. The molecule has 0 fully saturated rings. The molecule has 0 saturated heterocycles. The van der Waals surface area contributed by atoms with Crippen LogP contribution < -0.4 is 15.6 Å². The Balaban J connectivity index is 1.67. The highest BCUT2D eigenvalue weighted by Crippen LogP contribution is 2.34. The Morgan fingerprint density at radius 2 is 1.83 bits per heavy atom. The van der Waals surface area contributed by atoms with E-state index in [0.717, 1.165) is 36.5 Å². The molecule has 0 aromatic heterocycles. The van der Waals surface area contributed by atoms with Crippen molar-refractivity contribution < 1.29 is 23.0 Å². The number of hydrogen-bond donors (Lipinski definition) is 3. The second-order valence-electron chi connectivity index (χ2n) is 7.95. The topological polar surface area (TPSA) is 65.9 Å². The van der Waals surface area contributed by atoms with Gasteiger partial charge in [0.2, 0.25) is 0 Å². The number of amidine groups is 1. The molecule has 2 aromatic rings. The van der Waals surface area contributed by atoms with Crippen LogP contribution >= 0.6 is 0 Å². The van der Waals surface area contributed by atoms with Gasteiger partial charge in [-0.05, 0) is 61.2 Å². The van der Waals surface area contributed by atoms with Gasteiger partial charge in [-0.25, -0.2) is 10.4 Å². The van der Waals surface area contributed by atoms with E-state index in [1.807, 2.05) is 18.2 Å². The number of phenolic OH excluding ortho intramolecular Hbond substituents is 1. The van der Waals surface area contributed by atoms with E-state index in [0.29, 0.717) is 29.9 Å². The molecule has 2 aromatic carbocycles. The van der Waals surface area contributed by atoms with Crippen molar-refractivity contribution in [3.63, 3.8) is 0 Å². The van der Waals surface area contributed by atoms with Crippen molar-refractivity contribution in [3.05, 3.63) is 94.6 Å². The monoisotopic (exact) mass is 479 g/mol. The van der Waals surface area contributed by atoms with E-state index in [2.05, 4.69) is 39.8 Å². The van der Waals surface area contributed by atoms with E-state index in [1.54, 1.807) is 18.2 Å². The zero-order valence-electron chi connectivity index (χ0n) is 18.8. The first-order chi connectivity index (χ1) is 16.9. The molecule has 0 spiro atoms. The molecule has 5 nitrogen and oxygen atoms in total. The Kier molecular flexibility index (Phi) is 7.58. The highest BCUT2D eigenvalue weighted by molar-refractivity contribution is 5.99. The number of rotatable bonds is 4. The minimum atomic E-state index is -4.64. The summed E-state index contributed by atoms with van der Waals surface area (Å²) in [6, 6.07) is 8.24. The number of aliphatic imine (C=N–C) groups is 1. The normalized spacial score (nSPS) is 18.9. The molecule has 3 N–H and O–H groups in total. The average Bonchev–Trinajstić information content (AvgIpc) is 3.40. The number of halogens is 3. The van der Waals surface area contributed by atoms with Crippen LogP contribution in [0.15, 0.2) is 77.3 Å². The van der Waals surface area contributed by atoms with E-state index >= 15 is 0 Å². The van der Waals surface area contributed by atoms with Crippen LogP contribution in [-0.2, 0) is 6.18 Å². The fourth-order valence-corrected chi connectivity index (χ4v) is 3.54. The number of ether oxygens (including phenoxy) is 1. The maximum Gasteiger partial charge on any atom is 0.417 e. The summed E-state index contributed by atoms with van der Waals surface area (Å²) in [6.45, 7) is 0.697. The number of benzene rings is 2. The van der Waals surface area contributed by atoms with Gasteiger partial charge in [-0.3, -0.25) is 0 Å². The third kappa shape index (κ3) is 6.55. The van der Waals surface area contributed by atoms with Crippen LogP contribution in [0.3, 0.4) is 0 Å². The Morgan fingerprint density at radius 1 is 1.03 bits per heavy atom. The van der Waals surface area contributed by atoms with Crippen LogP contribution in [0.5, 0.6) is 11.5 Å². The summed E-state index contributed by atoms with van der Waals surface area (Å²) in [7, 11) is 0. The second-order valence-corrected chi connectivity index (χ2v) is 7.95. The first kappa shape index (κ1) is 24.2. The molecule has 1 heterocycles. The van der Waals surface area contributed by atoms with E-state index < -0.39 is 17.5 Å². The standard InChI is InChI=1S/C27H24F3N3O2/c28-27(29,30)24-16-23(34)14-13-20(24)9-10-21-11-12-22(26-31-18-32-33-26)15-25(21)35-17-19-7-5-3-1-2-4-6-8-19/h3,5-8,11-16,32,34H,1-2,4,17-18H2,(H,31,33)/b5-3-,8-6+,19-7+. The highest BCUT2D eigenvalue weighted by Gasteiger charge is 2.33. The van der Waals surface area contributed by atoms with E-state index in [-0.39, 0.29) is 12.2 Å². The number of hydrogen-bond acceptors (Lipinski definition) is 5. The molecule has 0 saturated carbocycles. The van der Waals surface area contributed by atoms with Gasteiger partial charge in [-0.15, -0.1) is 0 Å². The molecule has 0 radical (unpaired) electrons. The van der Waals surface area contributed by atoms with Crippen LogP contribution in [-0.4, -0.2) is 24.2 Å². The minimum Gasteiger partial charge on any atom is -0.508 e. The lowest BCUT2D eigenvalue weighted by Gasteiger charge is -2.12. The van der Waals surface area contributed by atoms with Gasteiger partial charge in [-0.2, -0.15) is 13.2 Å². The number of nitrogens with zero attached hydrogens (tertiary/aromatic N) is 1. The number of allylic oxidation sites excluding steroid dienone is 4. The Labute approximate surface area is 201 Å². The summed E-state index contributed by atoms with van der Waals surface area (Å²) in [4.78, 5) is 4.32. The molecule has 8 heteroatoms. The number of nitrogens with one attached hydrogen (secondary N) is 2. The lowest BCUT2D eigenvalue weighted by Crippen LogP contribution is -2.30. The largest absolute Gasteiger partial charge is 0.508 e. The average molecular weight is 480 g/mol. The van der Waals surface area contributed by atoms with Crippen molar-refractivity contribution in [2.75, 3.05) is 13.3 Å². The summed E-state index contributed by atoms with van der Waals surface area (Å²) < 4.78 is 46.4. The highest BCUT2D eigenvalue weighted by atomic mass is 19.4. The van der Waals surface area contributed by atoms with E-state index in [9.17, 15) is 18.3 Å². The van der Waals surface area contributed by atoms with Gasteiger partial charge in [0, 0.05) is 11.1 Å². The first-order valence-corrected chi connectivity index (χ1v) is 11.2. The summed E-state index contributed by atoms with van der Waals surface area (Å²) in [5.41, 5.74) is 6.80. The number of alkyl halides is 3. The van der Waals surface area contributed by atoms with E-state index in [1.165, 1.54) is 6.07 Å². The predicted molar refractivity (Wildman–Crippen MR) is 129 cm³/mol. The van der Waals surface area contributed by atoms with Gasteiger partial charge in [-0.1, -0.05) is 42.2 Å². The summed E-state index contributed by atoms with van der Waals surface area (Å²) in [5, 5.41) is 9.51. The molecule has 1 aliphatic heterocycles. The molecule has 2 aliphatic rings. The summed E-state index contributed by atoms with van der Waals surface area (Å²) >= 11 is 0. The van der Waals surface area contributed by atoms with Crippen molar-refractivity contribution >= 4 is 5.84 Å². The Bertz CT molecular complexity index is 1260. The Morgan fingerprint density at radius 3 is 2.63 bits per heavy atom. The molecule has 0 bridgehead atoms. The van der Waals surface area contributed by atoms with Crippen LogP contribution in [0, 0.1) is 11.8 Å². The molecular weight excluding hydrogens is 455 g/mol. The zero-order chi connectivity index (χ0) is 24.7. The lowest BCUT2D eigenvalue weighted by molar-refractivity contribution is -0.137. The van der Waals surface area contributed by atoms with Crippen molar-refractivity contribution in [3.8, 4) is 23.3 Å². The number of hydrazine groups is 1. The van der Waals surface area contributed by atoms with Crippen molar-refractivity contribution in [2.45, 2.75) is 25.4 Å². The molecule has 180 valence electrons. The molecule has 0 atom stereocenters. The van der Waals surface area contributed by atoms with Crippen LogP contribution in [0.1, 0.15) is 41.5 Å². The van der Waals surface area contributed by atoms with Gasteiger partial charge < -0.3 is 15.3 Å². The van der Waals surface area contributed by atoms with Crippen molar-refractivity contribution in [1.29, 1.82) is 0 Å². The Hall–Kier alpha value is -3.96. The quantitative estimate of drug-likeness (QED) is 0.526. The molecule has 35 heavy (non-hydrogen) atoms. The number of phenols is 1. The van der Waals surface area contributed by atoms with Crippen molar-refractivity contribution in [1.82, 2.24) is 10.9 Å². The second kappa shape index (κ2) is 11.0. The molecule has 1 aliphatic carbocycles. The molecular formula is C27H24F3N3O2. The maximum atomic E-state index is 13.4. The SMILES string of the molecule is Oc1ccc(C#Cc2ccc(C3=NCNN3)cc2OCC2=C/C=C\CCC\C=C\2)c(C(F)(F)F)c1. The summed E-state index contributed by atoms with van der Waals surface area (Å²) in [6.07, 6.45) is 8.63. The third-order valence-corrected chi connectivity index (χ3v) is 5.33. The zero-order valence-corrected chi connectivity index (χ0v) is 18.8. The summed E-state index contributed by atoms with van der Waals surface area (Å²) in [5.74, 6) is 6.00. The number of aromatic hydroxyl groups is 1. The fraction of sp³-hybridized carbons (Fsp3) is 0.222. The van der Waals surface area contributed by atoms with Crippen LogP contribution in [0.2, 0.25) is 0 Å². The third-order valence-electron chi connectivity index (χ3n) is 5.33. The lowest BCUT2D eigenvalue weighted by atomic mass is 10.1. The van der Waals surface area contributed by atoms with Gasteiger partial charge >= 0.3 is 6.18 Å². The van der Waals surface area contributed by atoms with Gasteiger partial charge in [0.25, 0.3) is 0 Å². The van der Waals surface area contributed by atoms with Crippen LogP contribution in [0.4, 0.5) is 13.2 Å².